The van der Waals surface area contributed by atoms with Crippen LogP contribution in [0.15, 0.2) is 59.7 Å². The SMILES string of the molecule is CCOc1ccc(/C=N/NC(=O)CCC(=O)Nc2ccccc2)cc1. The van der Waals surface area contributed by atoms with Gasteiger partial charge in [-0.15, -0.1) is 0 Å². The van der Waals surface area contributed by atoms with Gasteiger partial charge >= 0.3 is 0 Å². The number of para-hydroxylation sites is 1. The number of carbonyl (C=O) groups is 2. The summed E-state index contributed by atoms with van der Waals surface area (Å²) in [6.45, 7) is 2.53. The van der Waals surface area contributed by atoms with Gasteiger partial charge in [0.15, 0.2) is 0 Å². The van der Waals surface area contributed by atoms with E-state index in [4.69, 9.17) is 4.74 Å². The van der Waals surface area contributed by atoms with Crippen molar-refractivity contribution in [3.05, 3.63) is 60.2 Å². The quantitative estimate of drug-likeness (QED) is 0.573. The van der Waals surface area contributed by atoms with Crippen LogP contribution in [-0.2, 0) is 9.59 Å². The van der Waals surface area contributed by atoms with Crippen molar-refractivity contribution in [3.8, 4) is 5.75 Å². The molecule has 0 heterocycles. The molecular weight excluding hydrogens is 318 g/mol. The van der Waals surface area contributed by atoms with E-state index in [1.165, 1.54) is 6.21 Å². The van der Waals surface area contributed by atoms with Gasteiger partial charge in [-0.05, 0) is 48.9 Å². The molecule has 25 heavy (non-hydrogen) atoms. The van der Waals surface area contributed by atoms with Crippen LogP contribution in [0.25, 0.3) is 0 Å². The third kappa shape index (κ3) is 6.87. The lowest BCUT2D eigenvalue weighted by molar-refractivity contribution is -0.124. The highest BCUT2D eigenvalue weighted by atomic mass is 16.5. The molecule has 6 heteroatoms. The van der Waals surface area contributed by atoms with Crippen molar-refractivity contribution in [2.75, 3.05) is 11.9 Å². The number of nitrogens with one attached hydrogen (secondary N) is 2. The Bertz CT molecular complexity index is 712. The Balaban J connectivity index is 1.70. The number of hydrogen-bond donors (Lipinski definition) is 2. The Hall–Kier alpha value is -3.15. The van der Waals surface area contributed by atoms with Crippen molar-refractivity contribution in [2.45, 2.75) is 19.8 Å². The average Bonchev–Trinajstić information content (AvgIpc) is 2.63. The second kappa shape index (κ2) is 9.87. The molecule has 0 bridgehead atoms. The van der Waals surface area contributed by atoms with Gasteiger partial charge in [0.05, 0.1) is 12.8 Å². The summed E-state index contributed by atoms with van der Waals surface area (Å²) in [6, 6.07) is 16.5. The molecule has 0 aliphatic heterocycles. The Kier molecular flexibility index (Phi) is 7.18. The summed E-state index contributed by atoms with van der Waals surface area (Å²) < 4.78 is 5.35. The maximum atomic E-state index is 11.8. The summed E-state index contributed by atoms with van der Waals surface area (Å²) in [5.74, 6) is 0.260. The minimum Gasteiger partial charge on any atom is -0.494 e. The number of nitrogens with zero attached hydrogens (tertiary/aromatic N) is 1. The van der Waals surface area contributed by atoms with E-state index in [9.17, 15) is 9.59 Å². The van der Waals surface area contributed by atoms with E-state index < -0.39 is 0 Å². The molecule has 0 aliphatic carbocycles. The summed E-state index contributed by atoms with van der Waals surface area (Å²) >= 11 is 0. The van der Waals surface area contributed by atoms with E-state index in [1.54, 1.807) is 12.1 Å². The van der Waals surface area contributed by atoms with Gasteiger partial charge < -0.3 is 10.1 Å². The molecule has 0 fully saturated rings. The van der Waals surface area contributed by atoms with E-state index in [0.717, 1.165) is 11.3 Å². The Labute approximate surface area is 146 Å². The minimum atomic E-state index is -0.314. The van der Waals surface area contributed by atoms with E-state index in [1.807, 2.05) is 49.4 Å². The first-order chi connectivity index (χ1) is 12.2. The van der Waals surface area contributed by atoms with E-state index >= 15 is 0 Å². The van der Waals surface area contributed by atoms with Crippen LogP contribution in [0.1, 0.15) is 25.3 Å². The van der Waals surface area contributed by atoms with Crippen molar-refractivity contribution in [3.63, 3.8) is 0 Å². The third-order valence-corrected chi connectivity index (χ3v) is 3.23. The van der Waals surface area contributed by atoms with Gasteiger partial charge in [-0.25, -0.2) is 5.43 Å². The first-order valence-electron chi connectivity index (χ1n) is 8.07. The molecule has 0 aliphatic rings. The highest BCUT2D eigenvalue weighted by molar-refractivity contribution is 5.93. The third-order valence-electron chi connectivity index (χ3n) is 3.23. The molecule has 0 saturated carbocycles. The van der Waals surface area contributed by atoms with Crippen LogP contribution in [0.5, 0.6) is 5.75 Å². The number of rotatable bonds is 8. The molecule has 2 rings (SSSR count). The zero-order valence-corrected chi connectivity index (χ0v) is 14.1. The lowest BCUT2D eigenvalue weighted by Gasteiger charge is -2.04. The topological polar surface area (TPSA) is 79.8 Å². The van der Waals surface area contributed by atoms with Gasteiger partial charge in [0.1, 0.15) is 5.75 Å². The van der Waals surface area contributed by atoms with Crippen LogP contribution >= 0.6 is 0 Å². The normalized spacial score (nSPS) is 10.4. The zero-order valence-electron chi connectivity index (χ0n) is 14.1. The average molecular weight is 339 g/mol. The molecule has 130 valence electrons. The highest BCUT2D eigenvalue weighted by Crippen LogP contribution is 2.10. The summed E-state index contributed by atoms with van der Waals surface area (Å²) in [4.78, 5) is 23.5. The van der Waals surface area contributed by atoms with Crippen LogP contribution in [-0.4, -0.2) is 24.6 Å². The number of hydrazone groups is 1. The minimum absolute atomic E-state index is 0.0687. The van der Waals surface area contributed by atoms with Crippen molar-refractivity contribution < 1.29 is 14.3 Å². The van der Waals surface area contributed by atoms with Crippen LogP contribution in [0.3, 0.4) is 0 Å². The highest BCUT2D eigenvalue weighted by Gasteiger charge is 2.06. The molecule has 2 aromatic carbocycles. The molecule has 2 N–H and O–H groups in total. The van der Waals surface area contributed by atoms with Gasteiger partial charge in [0, 0.05) is 18.5 Å². The van der Waals surface area contributed by atoms with E-state index in [0.29, 0.717) is 12.3 Å². The number of carbonyl (C=O) groups excluding carboxylic acids is 2. The largest absolute Gasteiger partial charge is 0.494 e. The van der Waals surface area contributed by atoms with Crippen LogP contribution in [0, 0.1) is 0 Å². The van der Waals surface area contributed by atoms with Crippen LogP contribution < -0.4 is 15.5 Å². The number of ether oxygens (including phenoxy) is 1. The van der Waals surface area contributed by atoms with Crippen molar-refractivity contribution in [1.82, 2.24) is 5.43 Å². The fourth-order valence-corrected chi connectivity index (χ4v) is 2.02. The second-order valence-corrected chi connectivity index (χ2v) is 5.21. The maximum Gasteiger partial charge on any atom is 0.240 e. The lowest BCUT2D eigenvalue weighted by Crippen LogP contribution is -2.20. The fourth-order valence-electron chi connectivity index (χ4n) is 2.02. The lowest BCUT2D eigenvalue weighted by atomic mass is 10.2. The summed E-state index contributed by atoms with van der Waals surface area (Å²) in [6.07, 6.45) is 1.70. The van der Waals surface area contributed by atoms with Crippen LogP contribution in [0.4, 0.5) is 5.69 Å². The fraction of sp³-hybridized carbons (Fsp3) is 0.211. The maximum absolute atomic E-state index is 11.8. The molecule has 0 saturated heterocycles. The molecular formula is C19H21N3O3. The Morgan fingerprint density at radius 2 is 1.68 bits per heavy atom. The Morgan fingerprint density at radius 3 is 2.36 bits per heavy atom. The number of hydrogen-bond acceptors (Lipinski definition) is 4. The van der Waals surface area contributed by atoms with Gasteiger partial charge in [-0.3, -0.25) is 9.59 Å². The van der Waals surface area contributed by atoms with Crippen molar-refractivity contribution in [1.29, 1.82) is 0 Å². The molecule has 0 radical (unpaired) electrons. The number of benzene rings is 2. The van der Waals surface area contributed by atoms with E-state index in [2.05, 4.69) is 15.8 Å². The number of anilines is 1. The number of amides is 2. The Morgan fingerprint density at radius 1 is 1.00 bits per heavy atom. The smallest absolute Gasteiger partial charge is 0.240 e. The molecule has 0 atom stereocenters. The summed E-state index contributed by atoms with van der Waals surface area (Å²) in [7, 11) is 0. The standard InChI is InChI=1S/C19H21N3O3/c1-2-25-17-10-8-15(9-11-17)14-20-22-19(24)13-12-18(23)21-16-6-4-3-5-7-16/h3-11,14H,2,12-13H2,1H3,(H,21,23)(H,22,24)/b20-14+. The van der Waals surface area contributed by atoms with Gasteiger partial charge in [-0.1, -0.05) is 18.2 Å². The zero-order chi connectivity index (χ0) is 17.9. The molecule has 2 amide bonds. The van der Waals surface area contributed by atoms with Gasteiger partial charge in [0.25, 0.3) is 0 Å². The predicted octanol–water partition coefficient (Wildman–Crippen LogP) is 2.95. The molecule has 0 spiro atoms. The molecule has 2 aromatic rings. The second-order valence-electron chi connectivity index (χ2n) is 5.21. The molecule has 0 aromatic heterocycles. The van der Waals surface area contributed by atoms with Crippen molar-refractivity contribution >= 4 is 23.7 Å². The first kappa shape index (κ1) is 18.2. The van der Waals surface area contributed by atoms with E-state index in [-0.39, 0.29) is 24.7 Å². The van der Waals surface area contributed by atoms with Gasteiger partial charge in [0.2, 0.25) is 11.8 Å². The molecule has 6 nitrogen and oxygen atoms in total. The predicted molar refractivity (Wildman–Crippen MR) is 97.7 cm³/mol. The summed E-state index contributed by atoms with van der Waals surface area (Å²) in [5.41, 5.74) is 3.96. The first-order valence-corrected chi connectivity index (χ1v) is 8.07. The molecule has 0 unspecified atom stereocenters. The summed E-state index contributed by atoms with van der Waals surface area (Å²) in [5, 5.41) is 6.61. The monoisotopic (exact) mass is 339 g/mol. The van der Waals surface area contributed by atoms with Gasteiger partial charge in [-0.2, -0.15) is 5.10 Å². The van der Waals surface area contributed by atoms with Crippen LogP contribution in [0.2, 0.25) is 0 Å². The van der Waals surface area contributed by atoms with Crippen molar-refractivity contribution in [2.24, 2.45) is 5.10 Å².